The molecule has 1 saturated heterocycles. The predicted octanol–water partition coefficient (Wildman–Crippen LogP) is 4.38. The Morgan fingerprint density at radius 2 is 1.87 bits per heavy atom. The van der Waals surface area contributed by atoms with E-state index in [1.807, 2.05) is 20.8 Å². The van der Waals surface area contributed by atoms with Crippen LogP contribution < -0.4 is 5.32 Å². The van der Waals surface area contributed by atoms with E-state index in [9.17, 15) is 13.2 Å². The topological polar surface area (TPSA) is 66.5 Å². The summed E-state index contributed by atoms with van der Waals surface area (Å²) >= 11 is 5.96. The van der Waals surface area contributed by atoms with Gasteiger partial charge in [0.1, 0.15) is 0 Å². The van der Waals surface area contributed by atoms with Crippen molar-refractivity contribution in [3.63, 3.8) is 0 Å². The zero-order chi connectivity index (χ0) is 21.9. The molecule has 0 radical (unpaired) electrons. The van der Waals surface area contributed by atoms with E-state index in [4.69, 9.17) is 11.6 Å². The van der Waals surface area contributed by atoms with Gasteiger partial charge >= 0.3 is 0 Å². The molecule has 30 heavy (non-hydrogen) atoms. The van der Waals surface area contributed by atoms with Crippen molar-refractivity contribution in [1.82, 2.24) is 9.62 Å². The lowest BCUT2D eigenvalue weighted by Gasteiger charge is -2.31. The second kappa shape index (κ2) is 9.50. The Labute approximate surface area is 184 Å². The van der Waals surface area contributed by atoms with Gasteiger partial charge in [-0.3, -0.25) is 4.79 Å². The minimum atomic E-state index is -3.44. The van der Waals surface area contributed by atoms with Crippen molar-refractivity contribution in [3.05, 3.63) is 69.7 Å². The number of aryl methyl sites for hydroxylation is 2. The van der Waals surface area contributed by atoms with Crippen LogP contribution in [0.5, 0.6) is 0 Å². The van der Waals surface area contributed by atoms with Crippen LogP contribution in [0.2, 0.25) is 5.02 Å². The first kappa shape index (κ1) is 22.8. The molecule has 0 aromatic heterocycles. The zero-order valence-corrected chi connectivity index (χ0v) is 19.3. The third-order valence-corrected chi connectivity index (χ3v) is 7.80. The first-order valence-corrected chi connectivity index (χ1v) is 12.2. The summed E-state index contributed by atoms with van der Waals surface area (Å²) in [5.74, 6) is -0.251. The average Bonchev–Trinajstić information content (AvgIpc) is 2.69. The molecule has 0 bridgehead atoms. The maximum Gasteiger partial charge on any atom is 0.223 e. The van der Waals surface area contributed by atoms with Crippen LogP contribution in [-0.2, 0) is 20.6 Å². The lowest BCUT2D eigenvalue weighted by atomic mass is 9.95. The molecule has 1 N–H and O–H groups in total. The lowest BCUT2D eigenvalue weighted by Crippen LogP contribution is -2.43. The van der Waals surface area contributed by atoms with Crippen molar-refractivity contribution in [1.29, 1.82) is 0 Å². The van der Waals surface area contributed by atoms with Gasteiger partial charge in [-0.1, -0.05) is 47.5 Å². The summed E-state index contributed by atoms with van der Waals surface area (Å²) in [6.45, 7) is 6.79. The van der Waals surface area contributed by atoms with Crippen LogP contribution in [0.4, 0.5) is 0 Å². The molecule has 2 aromatic rings. The highest BCUT2D eigenvalue weighted by molar-refractivity contribution is 7.88. The summed E-state index contributed by atoms with van der Waals surface area (Å²) in [6.07, 6.45) is 1.06. The summed E-state index contributed by atoms with van der Waals surface area (Å²) in [4.78, 5) is 12.8. The van der Waals surface area contributed by atoms with Crippen LogP contribution in [0.3, 0.4) is 0 Å². The summed E-state index contributed by atoms with van der Waals surface area (Å²) in [5.41, 5.74) is 4.10. The SMILES string of the molecule is Cc1ccc(C)c([C@H](C)NC(=O)C2CCN(S(=O)(=O)Cc3cccc(Cl)c3)CC2)c1. The van der Waals surface area contributed by atoms with E-state index in [-0.39, 0.29) is 23.6 Å². The Bertz CT molecular complexity index is 1010. The number of halogens is 1. The van der Waals surface area contributed by atoms with E-state index < -0.39 is 10.0 Å². The standard InChI is InChI=1S/C23H29ClN2O3S/c1-16-7-8-17(2)22(13-16)18(3)25-23(27)20-9-11-26(12-10-20)30(28,29)15-19-5-4-6-21(24)14-19/h4-8,13-14,18,20H,9-12,15H2,1-3H3,(H,25,27)/t18-/m0/s1. The Morgan fingerprint density at radius 3 is 2.53 bits per heavy atom. The number of amides is 1. The molecule has 1 aliphatic rings. The van der Waals surface area contributed by atoms with E-state index in [1.54, 1.807) is 24.3 Å². The van der Waals surface area contributed by atoms with Gasteiger partial charge in [-0.05, 0) is 62.4 Å². The second-order valence-electron chi connectivity index (χ2n) is 8.15. The van der Waals surface area contributed by atoms with E-state index in [1.165, 1.54) is 4.31 Å². The lowest BCUT2D eigenvalue weighted by molar-refractivity contribution is -0.126. The first-order chi connectivity index (χ1) is 14.2. The van der Waals surface area contributed by atoms with Crippen LogP contribution in [-0.4, -0.2) is 31.7 Å². The fourth-order valence-corrected chi connectivity index (χ4v) is 5.72. The van der Waals surface area contributed by atoms with E-state index in [0.29, 0.717) is 36.5 Å². The average molecular weight is 449 g/mol. The van der Waals surface area contributed by atoms with Crippen LogP contribution in [0.1, 0.15) is 48.1 Å². The fourth-order valence-electron chi connectivity index (χ4n) is 3.96. The molecule has 5 nitrogen and oxygen atoms in total. The van der Waals surface area contributed by atoms with Crippen LogP contribution in [0.25, 0.3) is 0 Å². The molecular formula is C23H29ClN2O3S. The highest BCUT2D eigenvalue weighted by Gasteiger charge is 2.31. The number of hydrogen-bond acceptors (Lipinski definition) is 3. The second-order valence-corrected chi connectivity index (χ2v) is 10.6. The third kappa shape index (κ3) is 5.62. The third-order valence-electron chi connectivity index (χ3n) is 5.72. The molecule has 162 valence electrons. The molecule has 1 aliphatic heterocycles. The molecule has 1 amide bonds. The molecule has 1 heterocycles. The maximum absolute atomic E-state index is 12.8. The number of nitrogens with one attached hydrogen (secondary N) is 1. The van der Waals surface area contributed by atoms with Crippen LogP contribution >= 0.6 is 11.6 Å². The zero-order valence-electron chi connectivity index (χ0n) is 17.7. The first-order valence-electron chi connectivity index (χ1n) is 10.3. The molecule has 0 unspecified atom stereocenters. The number of sulfonamides is 1. The Kier molecular flexibility index (Phi) is 7.22. The van der Waals surface area contributed by atoms with Gasteiger partial charge in [0.2, 0.25) is 15.9 Å². The van der Waals surface area contributed by atoms with Gasteiger partial charge in [0, 0.05) is 24.0 Å². The predicted molar refractivity (Wildman–Crippen MR) is 121 cm³/mol. The number of piperidine rings is 1. The number of rotatable bonds is 6. The quantitative estimate of drug-likeness (QED) is 0.713. The summed E-state index contributed by atoms with van der Waals surface area (Å²) in [6, 6.07) is 13.1. The molecule has 0 spiro atoms. The van der Waals surface area contributed by atoms with Crippen molar-refractivity contribution in [2.24, 2.45) is 5.92 Å². The highest BCUT2D eigenvalue weighted by Crippen LogP contribution is 2.25. The monoisotopic (exact) mass is 448 g/mol. The fraction of sp³-hybridized carbons (Fsp3) is 0.435. The van der Waals surface area contributed by atoms with Gasteiger partial charge in [0.15, 0.2) is 0 Å². The molecule has 0 saturated carbocycles. The molecule has 1 fully saturated rings. The largest absolute Gasteiger partial charge is 0.349 e. The van der Waals surface area contributed by atoms with Crippen molar-refractivity contribution in [2.45, 2.75) is 45.4 Å². The van der Waals surface area contributed by atoms with E-state index in [0.717, 1.165) is 16.7 Å². The Balaban J connectivity index is 1.56. The van der Waals surface area contributed by atoms with Crippen LogP contribution in [0, 0.1) is 19.8 Å². The van der Waals surface area contributed by atoms with Crippen LogP contribution in [0.15, 0.2) is 42.5 Å². The molecule has 7 heteroatoms. The van der Waals surface area contributed by atoms with Gasteiger partial charge in [0.25, 0.3) is 0 Å². The molecule has 1 atom stereocenters. The minimum absolute atomic E-state index is 0.00436. The van der Waals surface area contributed by atoms with Gasteiger partial charge in [-0.2, -0.15) is 0 Å². The van der Waals surface area contributed by atoms with Crippen molar-refractivity contribution < 1.29 is 13.2 Å². The summed E-state index contributed by atoms with van der Waals surface area (Å²) in [7, 11) is -3.44. The molecule has 3 rings (SSSR count). The molecule has 0 aliphatic carbocycles. The maximum atomic E-state index is 12.8. The summed E-state index contributed by atoms with van der Waals surface area (Å²) < 4.78 is 27.0. The summed E-state index contributed by atoms with van der Waals surface area (Å²) in [5, 5.41) is 3.64. The van der Waals surface area contributed by atoms with Crippen molar-refractivity contribution >= 4 is 27.5 Å². The van der Waals surface area contributed by atoms with Gasteiger partial charge in [0.05, 0.1) is 11.8 Å². The number of carbonyl (C=O) groups excluding carboxylic acids is 1. The normalized spacial score (nSPS) is 16.9. The minimum Gasteiger partial charge on any atom is -0.349 e. The Morgan fingerprint density at radius 1 is 1.17 bits per heavy atom. The van der Waals surface area contributed by atoms with E-state index in [2.05, 4.69) is 23.5 Å². The smallest absolute Gasteiger partial charge is 0.223 e. The number of nitrogens with zero attached hydrogens (tertiary/aromatic N) is 1. The number of hydrogen-bond donors (Lipinski definition) is 1. The van der Waals surface area contributed by atoms with Gasteiger partial charge in [-0.25, -0.2) is 12.7 Å². The van der Waals surface area contributed by atoms with Crippen molar-refractivity contribution in [3.8, 4) is 0 Å². The molecule has 2 aromatic carbocycles. The number of carbonyl (C=O) groups is 1. The van der Waals surface area contributed by atoms with Gasteiger partial charge < -0.3 is 5.32 Å². The molecular weight excluding hydrogens is 420 g/mol. The Hall–Kier alpha value is -1.89. The van der Waals surface area contributed by atoms with E-state index >= 15 is 0 Å². The van der Waals surface area contributed by atoms with Gasteiger partial charge in [-0.15, -0.1) is 0 Å². The number of benzene rings is 2. The van der Waals surface area contributed by atoms with Crippen molar-refractivity contribution in [2.75, 3.05) is 13.1 Å². The highest BCUT2D eigenvalue weighted by atomic mass is 35.5.